The molecule has 0 fully saturated rings. The van der Waals surface area contributed by atoms with Crippen molar-refractivity contribution in [2.24, 2.45) is 0 Å². The molecule has 1 aromatic heterocycles. The molecule has 21 heavy (non-hydrogen) atoms. The summed E-state index contributed by atoms with van der Waals surface area (Å²) in [6.45, 7) is 1.09. The van der Waals surface area contributed by atoms with Crippen LogP contribution in [-0.2, 0) is 0 Å². The zero-order valence-electron chi connectivity index (χ0n) is 10.9. The largest absolute Gasteiger partial charge is 0.491 e. The van der Waals surface area contributed by atoms with Crippen molar-refractivity contribution in [1.82, 2.24) is 9.97 Å². The number of nitrogens with zero attached hydrogens (tertiary/aromatic N) is 4. The average Bonchev–Trinajstić information content (AvgIpc) is 2.69. The van der Waals surface area contributed by atoms with Crippen LogP contribution in [0.5, 0.6) is 5.75 Å². The fourth-order valence-electron chi connectivity index (χ4n) is 2.22. The van der Waals surface area contributed by atoms with Crippen molar-refractivity contribution in [1.29, 1.82) is 0 Å². The molecule has 0 unspecified atom stereocenters. The highest BCUT2D eigenvalue weighted by Gasteiger charge is 2.26. The first-order chi connectivity index (χ1) is 10.2. The molecule has 0 spiro atoms. The van der Waals surface area contributed by atoms with Crippen molar-refractivity contribution in [2.75, 3.05) is 18.1 Å². The standard InChI is InChI=1S/C13H11ClN4O3/c14-13-15-8-10(18(19)20)12(16-13)17-6-3-7-21-11-5-2-1-4-9(11)17/h1-2,4-5,8H,3,6-7H2. The van der Waals surface area contributed by atoms with E-state index in [-0.39, 0.29) is 16.8 Å². The van der Waals surface area contributed by atoms with E-state index in [0.29, 0.717) is 25.3 Å². The van der Waals surface area contributed by atoms with E-state index in [1.807, 2.05) is 24.3 Å². The van der Waals surface area contributed by atoms with E-state index in [9.17, 15) is 10.1 Å². The number of hydrogen-bond acceptors (Lipinski definition) is 6. The van der Waals surface area contributed by atoms with Crippen LogP contribution in [0.1, 0.15) is 6.42 Å². The second-order valence-electron chi connectivity index (χ2n) is 4.43. The third-order valence-electron chi connectivity index (χ3n) is 3.11. The maximum absolute atomic E-state index is 11.2. The molecule has 7 nitrogen and oxygen atoms in total. The normalized spacial score (nSPS) is 14.0. The zero-order chi connectivity index (χ0) is 14.8. The second-order valence-corrected chi connectivity index (χ2v) is 4.76. The summed E-state index contributed by atoms with van der Waals surface area (Å²) in [4.78, 5) is 20.2. The predicted octanol–water partition coefficient (Wildman–Crippen LogP) is 2.96. The minimum atomic E-state index is -0.514. The molecule has 108 valence electrons. The van der Waals surface area contributed by atoms with Gasteiger partial charge in [0.2, 0.25) is 11.1 Å². The Morgan fingerprint density at radius 2 is 2.19 bits per heavy atom. The fourth-order valence-corrected chi connectivity index (χ4v) is 2.35. The molecule has 1 aromatic carbocycles. The lowest BCUT2D eigenvalue weighted by Gasteiger charge is -2.22. The van der Waals surface area contributed by atoms with Crippen LogP contribution in [0.3, 0.4) is 0 Å². The number of para-hydroxylation sites is 2. The number of aromatic nitrogens is 2. The third-order valence-corrected chi connectivity index (χ3v) is 3.29. The Morgan fingerprint density at radius 3 is 3.00 bits per heavy atom. The zero-order valence-corrected chi connectivity index (χ0v) is 11.7. The predicted molar refractivity (Wildman–Crippen MR) is 77.3 cm³/mol. The molecule has 8 heteroatoms. The lowest BCUT2D eigenvalue weighted by atomic mass is 10.2. The summed E-state index contributed by atoms with van der Waals surface area (Å²) in [5.74, 6) is 0.844. The number of nitro groups is 1. The van der Waals surface area contributed by atoms with Gasteiger partial charge in [0.05, 0.1) is 17.2 Å². The minimum absolute atomic E-state index is 0.0294. The molecule has 0 aliphatic carbocycles. The maximum atomic E-state index is 11.2. The van der Waals surface area contributed by atoms with Crippen molar-refractivity contribution in [3.63, 3.8) is 0 Å². The van der Waals surface area contributed by atoms with E-state index in [0.717, 1.165) is 11.9 Å². The van der Waals surface area contributed by atoms with Gasteiger partial charge in [-0.25, -0.2) is 4.98 Å². The lowest BCUT2D eigenvalue weighted by molar-refractivity contribution is -0.384. The molecule has 0 atom stereocenters. The van der Waals surface area contributed by atoms with Gasteiger partial charge in [-0.15, -0.1) is 0 Å². The van der Waals surface area contributed by atoms with Crippen molar-refractivity contribution in [3.8, 4) is 5.75 Å². The van der Waals surface area contributed by atoms with Crippen LogP contribution in [-0.4, -0.2) is 28.0 Å². The van der Waals surface area contributed by atoms with Crippen LogP contribution >= 0.6 is 11.6 Å². The quantitative estimate of drug-likeness (QED) is 0.482. The second kappa shape index (κ2) is 5.53. The summed E-state index contributed by atoms with van der Waals surface area (Å²) >= 11 is 5.81. The number of fused-ring (bicyclic) bond motifs is 1. The Morgan fingerprint density at radius 1 is 1.38 bits per heavy atom. The molecule has 0 N–H and O–H groups in total. The highest BCUT2D eigenvalue weighted by molar-refractivity contribution is 6.28. The maximum Gasteiger partial charge on any atom is 0.330 e. The minimum Gasteiger partial charge on any atom is -0.491 e. The van der Waals surface area contributed by atoms with Crippen LogP contribution < -0.4 is 9.64 Å². The fraction of sp³-hybridized carbons (Fsp3) is 0.231. The van der Waals surface area contributed by atoms with Crippen molar-refractivity contribution in [2.45, 2.75) is 6.42 Å². The van der Waals surface area contributed by atoms with Crippen LogP contribution in [0.15, 0.2) is 30.5 Å². The summed E-state index contributed by atoms with van der Waals surface area (Å²) in [5, 5.41) is 11.2. The number of benzene rings is 1. The topological polar surface area (TPSA) is 81.4 Å². The Balaban J connectivity index is 2.16. The molecule has 2 aromatic rings. The molecule has 3 rings (SSSR count). The van der Waals surface area contributed by atoms with E-state index in [1.54, 1.807) is 4.90 Å². The Hall–Kier alpha value is -2.41. The van der Waals surface area contributed by atoms with E-state index >= 15 is 0 Å². The van der Waals surface area contributed by atoms with E-state index in [2.05, 4.69) is 9.97 Å². The van der Waals surface area contributed by atoms with Gasteiger partial charge in [0.25, 0.3) is 0 Å². The molecule has 0 saturated heterocycles. The molecule has 1 aliphatic rings. The number of halogens is 1. The molecular formula is C13H11ClN4O3. The van der Waals surface area contributed by atoms with E-state index < -0.39 is 4.92 Å². The highest BCUT2D eigenvalue weighted by Crippen LogP contribution is 2.38. The van der Waals surface area contributed by atoms with Gasteiger partial charge < -0.3 is 9.64 Å². The van der Waals surface area contributed by atoms with Gasteiger partial charge >= 0.3 is 5.69 Å². The molecule has 0 radical (unpaired) electrons. The molecule has 2 heterocycles. The van der Waals surface area contributed by atoms with Gasteiger partial charge in [-0.1, -0.05) is 12.1 Å². The smallest absolute Gasteiger partial charge is 0.330 e. The van der Waals surface area contributed by atoms with E-state index in [1.165, 1.54) is 0 Å². The average molecular weight is 307 g/mol. The first kappa shape index (κ1) is 13.6. The monoisotopic (exact) mass is 306 g/mol. The van der Waals surface area contributed by atoms with Crippen LogP contribution in [0.25, 0.3) is 0 Å². The molecule has 0 amide bonds. The van der Waals surface area contributed by atoms with Gasteiger partial charge in [-0.2, -0.15) is 4.98 Å². The van der Waals surface area contributed by atoms with Crippen molar-refractivity contribution >= 4 is 28.8 Å². The summed E-state index contributed by atoms with van der Waals surface area (Å²) < 4.78 is 5.64. The molecule has 0 saturated carbocycles. The van der Waals surface area contributed by atoms with Crippen LogP contribution in [0.4, 0.5) is 17.2 Å². The number of anilines is 2. The van der Waals surface area contributed by atoms with Gasteiger partial charge in [-0.3, -0.25) is 10.1 Å². The number of hydrogen-bond donors (Lipinski definition) is 0. The van der Waals surface area contributed by atoms with Crippen molar-refractivity contribution < 1.29 is 9.66 Å². The van der Waals surface area contributed by atoms with E-state index in [4.69, 9.17) is 16.3 Å². The first-order valence-electron chi connectivity index (χ1n) is 6.33. The summed E-state index contributed by atoms with van der Waals surface area (Å²) in [6, 6.07) is 7.35. The van der Waals surface area contributed by atoms with Crippen LogP contribution in [0.2, 0.25) is 5.28 Å². The number of ether oxygens (including phenoxy) is 1. The molecule has 1 aliphatic heterocycles. The summed E-state index contributed by atoms with van der Waals surface area (Å²) in [6.07, 6.45) is 1.84. The Bertz CT molecular complexity index is 695. The van der Waals surface area contributed by atoms with Crippen molar-refractivity contribution in [3.05, 3.63) is 45.9 Å². The van der Waals surface area contributed by atoms with Gasteiger partial charge in [-0.05, 0) is 30.2 Å². The van der Waals surface area contributed by atoms with Crippen LogP contribution in [0, 0.1) is 10.1 Å². The summed E-state index contributed by atoms with van der Waals surface area (Å²) in [5.41, 5.74) is 0.545. The molecule has 0 bridgehead atoms. The van der Waals surface area contributed by atoms with Gasteiger partial charge in [0.15, 0.2) is 0 Å². The van der Waals surface area contributed by atoms with Gasteiger partial charge in [0.1, 0.15) is 11.9 Å². The third kappa shape index (κ3) is 2.59. The Kier molecular flexibility index (Phi) is 3.57. The summed E-state index contributed by atoms with van der Waals surface area (Å²) in [7, 11) is 0. The lowest BCUT2D eigenvalue weighted by Crippen LogP contribution is -2.20. The molecular weight excluding hydrogens is 296 g/mol. The number of rotatable bonds is 2. The first-order valence-corrected chi connectivity index (χ1v) is 6.71. The highest BCUT2D eigenvalue weighted by atomic mass is 35.5. The Labute approximate surface area is 125 Å². The van der Waals surface area contributed by atoms with Gasteiger partial charge in [0, 0.05) is 6.54 Å². The SMILES string of the molecule is O=[N+]([O-])c1cnc(Cl)nc1N1CCCOc2ccccc21.